The maximum atomic E-state index is 8.67. The van der Waals surface area contributed by atoms with Crippen LogP contribution in [-0.2, 0) is 6.54 Å². The Hall–Kier alpha value is -0.910. The molecular weight excluding hydrogens is 306 g/mol. The third-order valence-electron chi connectivity index (χ3n) is 4.05. The molecule has 0 atom stereocenters. The third kappa shape index (κ3) is 4.53. The maximum absolute atomic E-state index is 8.67. The summed E-state index contributed by atoms with van der Waals surface area (Å²) in [4.78, 5) is 0. The zero-order valence-electron chi connectivity index (χ0n) is 12.2. The fraction of sp³-hybridized carbons (Fsp3) is 0.533. The van der Waals surface area contributed by atoms with Gasteiger partial charge in [0.2, 0.25) is 0 Å². The highest BCUT2D eigenvalue weighted by atomic mass is 35.5. The minimum Gasteiger partial charge on any atom is -0.409 e. The quantitative estimate of drug-likeness (QED) is 0.336. The first-order valence-electron chi connectivity index (χ1n) is 7.16. The van der Waals surface area contributed by atoms with Crippen molar-refractivity contribution in [2.24, 2.45) is 10.9 Å². The third-order valence-corrected chi connectivity index (χ3v) is 5.54. The maximum Gasteiger partial charge on any atom is 0.170 e. The van der Waals surface area contributed by atoms with Crippen LogP contribution in [0.3, 0.4) is 0 Å². The summed E-state index contributed by atoms with van der Waals surface area (Å²) >= 11 is 8.24. The Labute approximate surface area is 135 Å². The van der Waals surface area contributed by atoms with Crippen molar-refractivity contribution >= 4 is 29.2 Å². The summed E-state index contributed by atoms with van der Waals surface area (Å²) in [7, 11) is 0. The molecule has 1 saturated carbocycles. The average molecular weight is 328 g/mol. The first-order chi connectivity index (χ1) is 10.1. The number of nitrogens with two attached hydrogens (primary N) is 1. The Morgan fingerprint density at radius 2 is 2.14 bits per heavy atom. The van der Waals surface area contributed by atoms with E-state index in [1.165, 1.54) is 25.7 Å². The van der Waals surface area contributed by atoms with Gasteiger partial charge < -0.3 is 16.3 Å². The molecule has 0 radical (unpaired) electrons. The second kappa shape index (κ2) is 7.92. The van der Waals surface area contributed by atoms with E-state index in [1.54, 1.807) is 6.07 Å². The van der Waals surface area contributed by atoms with Crippen LogP contribution in [0.2, 0.25) is 5.02 Å². The van der Waals surface area contributed by atoms with E-state index in [-0.39, 0.29) is 5.84 Å². The van der Waals surface area contributed by atoms with Crippen LogP contribution in [0, 0.1) is 0 Å². The van der Waals surface area contributed by atoms with Crippen LogP contribution in [-0.4, -0.2) is 28.6 Å². The van der Waals surface area contributed by atoms with E-state index in [0.717, 1.165) is 17.4 Å². The lowest BCUT2D eigenvalue weighted by Crippen LogP contribution is -2.33. The molecule has 0 amide bonds. The zero-order chi connectivity index (χ0) is 15.2. The van der Waals surface area contributed by atoms with Crippen LogP contribution in [0.25, 0.3) is 0 Å². The fourth-order valence-electron chi connectivity index (χ4n) is 2.66. The number of halogens is 1. The van der Waals surface area contributed by atoms with Crippen molar-refractivity contribution in [1.82, 2.24) is 5.32 Å². The topological polar surface area (TPSA) is 70.6 Å². The van der Waals surface area contributed by atoms with Gasteiger partial charge in [-0.25, -0.2) is 0 Å². The fourth-order valence-corrected chi connectivity index (χ4v) is 3.66. The number of hydrogen-bond acceptors (Lipinski definition) is 4. The Bertz CT molecular complexity index is 502. The molecular formula is C15H22ClN3OS. The average Bonchev–Trinajstić information content (AvgIpc) is 2.53. The number of benzene rings is 1. The summed E-state index contributed by atoms with van der Waals surface area (Å²) in [6.07, 6.45) is 7.22. The number of oxime groups is 1. The van der Waals surface area contributed by atoms with Crippen molar-refractivity contribution in [2.75, 3.05) is 6.26 Å². The van der Waals surface area contributed by atoms with Crippen molar-refractivity contribution in [1.29, 1.82) is 0 Å². The predicted molar refractivity (Wildman–Crippen MR) is 90.4 cm³/mol. The molecule has 0 aliphatic heterocycles. The Morgan fingerprint density at radius 1 is 1.43 bits per heavy atom. The minimum absolute atomic E-state index is 0.0757. The Kier molecular flexibility index (Phi) is 6.21. The molecule has 1 aliphatic rings. The molecule has 0 spiro atoms. The van der Waals surface area contributed by atoms with Crippen LogP contribution in [0.1, 0.15) is 36.8 Å². The van der Waals surface area contributed by atoms with E-state index in [0.29, 0.717) is 16.6 Å². The molecule has 1 aliphatic carbocycles. The zero-order valence-corrected chi connectivity index (χ0v) is 13.8. The van der Waals surface area contributed by atoms with E-state index in [2.05, 4.69) is 16.7 Å². The lowest BCUT2D eigenvalue weighted by molar-refractivity contribution is 0.318. The van der Waals surface area contributed by atoms with E-state index in [4.69, 9.17) is 22.5 Å². The molecule has 21 heavy (non-hydrogen) atoms. The molecule has 0 heterocycles. The van der Waals surface area contributed by atoms with Crippen molar-refractivity contribution < 1.29 is 5.21 Å². The van der Waals surface area contributed by atoms with Crippen LogP contribution in [0.15, 0.2) is 23.4 Å². The second-order valence-electron chi connectivity index (χ2n) is 5.38. The number of amidine groups is 1. The van der Waals surface area contributed by atoms with Crippen LogP contribution in [0.5, 0.6) is 0 Å². The van der Waals surface area contributed by atoms with Crippen molar-refractivity contribution in [3.63, 3.8) is 0 Å². The highest BCUT2D eigenvalue weighted by Crippen LogP contribution is 2.27. The molecule has 116 valence electrons. The summed E-state index contributed by atoms with van der Waals surface area (Å²) in [5.41, 5.74) is 7.23. The lowest BCUT2D eigenvalue weighted by Gasteiger charge is -2.28. The molecule has 0 unspecified atom stereocenters. The molecule has 4 N–H and O–H groups in total. The van der Waals surface area contributed by atoms with Gasteiger partial charge in [0.1, 0.15) is 0 Å². The number of thioether (sulfide) groups is 1. The second-order valence-corrected chi connectivity index (χ2v) is 6.93. The summed E-state index contributed by atoms with van der Waals surface area (Å²) in [6, 6.07) is 6.06. The van der Waals surface area contributed by atoms with Crippen LogP contribution < -0.4 is 11.1 Å². The van der Waals surface area contributed by atoms with Crippen molar-refractivity contribution in [3.8, 4) is 0 Å². The van der Waals surface area contributed by atoms with Gasteiger partial charge in [0.25, 0.3) is 0 Å². The van der Waals surface area contributed by atoms with E-state index in [9.17, 15) is 0 Å². The molecule has 1 fully saturated rings. The summed E-state index contributed by atoms with van der Waals surface area (Å²) < 4.78 is 0. The van der Waals surface area contributed by atoms with Gasteiger partial charge in [-0.05, 0) is 43.6 Å². The number of hydrogen-bond donors (Lipinski definition) is 3. The first kappa shape index (κ1) is 16.5. The molecule has 1 aromatic carbocycles. The van der Waals surface area contributed by atoms with Crippen LogP contribution in [0.4, 0.5) is 0 Å². The Morgan fingerprint density at radius 3 is 2.71 bits per heavy atom. The normalized spacial score (nSPS) is 23.2. The highest BCUT2D eigenvalue weighted by Gasteiger charge is 2.20. The summed E-state index contributed by atoms with van der Waals surface area (Å²) in [6.45, 7) is 0.754. The summed E-state index contributed by atoms with van der Waals surface area (Å²) in [5, 5.41) is 16.7. The van der Waals surface area contributed by atoms with E-state index < -0.39 is 0 Å². The minimum atomic E-state index is 0.0757. The van der Waals surface area contributed by atoms with Gasteiger partial charge in [-0.3, -0.25) is 0 Å². The van der Waals surface area contributed by atoms with Gasteiger partial charge in [-0.1, -0.05) is 28.9 Å². The predicted octanol–water partition coefficient (Wildman–Crippen LogP) is 3.20. The molecule has 0 aromatic heterocycles. The largest absolute Gasteiger partial charge is 0.409 e. The van der Waals surface area contributed by atoms with Gasteiger partial charge in [-0.2, -0.15) is 11.8 Å². The summed E-state index contributed by atoms with van der Waals surface area (Å²) in [5.74, 6) is 0.0757. The Balaban J connectivity index is 1.89. The molecule has 6 heteroatoms. The monoisotopic (exact) mass is 327 g/mol. The number of nitrogens with one attached hydrogen (secondary N) is 1. The molecule has 2 rings (SSSR count). The number of nitrogens with zero attached hydrogens (tertiary/aromatic N) is 1. The molecule has 4 nitrogen and oxygen atoms in total. The standard InChI is InChI=1S/C15H22ClN3OS/c1-21-13-6-4-12(5-7-13)18-9-11-3-2-10(8-14(11)16)15(17)19-20/h2-3,8,12-13,18,20H,4-7,9H2,1H3,(H2,17,19). The van der Waals surface area contributed by atoms with Gasteiger partial charge in [0.05, 0.1) is 0 Å². The molecule has 0 saturated heterocycles. The van der Waals surface area contributed by atoms with Crippen LogP contribution >= 0.6 is 23.4 Å². The smallest absolute Gasteiger partial charge is 0.170 e. The van der Waals surface area contributed by atoms with Crippen molar-refractivity contribution in [3.05, 3.63) is 34.3 Å². The number of rotatable bonds is 5. The van der Waals surface area contributed by atoms with E-state index in [1.807, 2.05) is 23.9 Å². The van der Waals surface area contributed by atoms with E-state index >= 15 is 0 Å². The van der Waals surface area contributed by atoms with Crippen molar-refractivity contribution in [2.45, 2.75) is 43.5 Å². The molecule has 1 aromatic rings. The lowest BCUT2D eigenvalue weighted by atomic mass is 9.95. The SMILES string of the molecule is CSC1CCC(NCc2ccc(/C(N)=N/O)cc2Cl)CC1. The van der Waals surface area contributed by atoms with Gasteiger partial charge in [-0.15, -0.1) is 0 Å². The highest BCUT2D eigenvalue weighted by molar-refractivity contribution is 7.99. The van der Waals surface area contributed by atoms with Gasteiger partial charge in [0, 0.05) is 28.4 Å². The van der Waals surface area contributed by atoms with Gasteiger partial charge >= 0.3 is 0 Å². The van der Waals surface area contributed by atoms with Gasteiger partial charge in [0.15, 0.2) is 5.84 Å². The molecule has 0 bridgehead atoms. The first-order valence-corrected chi connectivity index (χ1v) is 8.83.